The summed E-state index contributed by atoms with van der Waals surface area (Å²) in [4.78, 5) is 38.7. The number of thiazole rings is 1. The molecule has 0 atom stereocenters. The van der Waals surface area contributed by atoms with E-state index in [-0.39, 0.29) is 27.4 Å². The average Bonchev–Trinajstić information content (AvgIpc) is 2.99. The van der Waals surface area contributed by atoms with E-state index in [2.05, 4.69) is 9.73 Å². The number of ether oxygens (including phenoxy) is 1. The number of carbonyl (C=O) groups excluding carboxylic acids is 2. The van der Waals surface area contributed by atoms with Gasteiger partial charge in [0.05, 0.1) is 22.2 Å². The van der Waals surface area contributed by atoms with Crippen molar-refractivity contribution in [3.8, 4) is 0 Å². The maximum atomic E-state index is 14.3. The third-order valence-electron chi connectivity index (χ3n) is 3.75. The number of para-hydroxylation sites is 1. The highest BCUT2D eigenvalue weighted by atomic mass is 35.5. The standard InChI is InChI=1S/C17H11ClFN3O5S/c1-27-14(23)8-21-15-11(19)3-2-4-13(15)28-17(21)20-16(24)10-7-9(18)5-6-12(10)22(25)26/h2-7H,8H2,1H3. The lowest BCUT2D eigenvalue weighted by molar-refractivity contribution is -0.385. The van der Waals surface area contributed by atoms with Gasteiger partial charge in [0, 0.05) is 11.1 Å². The molecule has 2 aromatic carbocycles. The molecule has 0 fully saturated rings. The van der Waals surface area contributed by atoms with Crippen molar-refractivity contribution in [3.63, 3.8) is 0 Å². The molecule has 0 N–H and O–H groups in total. The molecule has 28 heavy (non-hydrogen) atoms. The van der Waals surface area contributed by atoms with Gasteiger partial charge in [-0.2, -0.15) is 4.99 Å². The van der Waals surface area contributed by atoms with E-state index in [0.717, 1.165) is 23.5 Å². The highest BCUT2D eigenvalue weighted by Gasteiger charge is 2.21. The second-order valence-electron chi connectivity index (χ2n) is 5.47. The first-order valence-electron chi connectivity index (χ1n) is 7.69. The second-order valence-corrected chi connectivity index (χ2v) is 6.91. The van der Waals surface area contributed by atoms with Crippen molar-refractivity contribution in [2.45, 2.75) is 6.54 Å². The summed E-state index contributed by atoms with van der Waals surface area (Å²) in [5.41, 5.74) is -0.713. The Kier molecular flexibility index (Phi) is 5.52. The Morgan fingerprint density at radius 3 is 2.79 bits per heavy atom. The topological polar surface area (TPSA) is 104 Å². The molecule has 8 nitrogen and oxygen atoms in total. The number of halogens is 2. The number of hydrogen-bond acceptors (Lipinski definition) is 6. The van der Waals surface area contributed by atoms with Crippen LogP contribution in [-0.4, -0.2) is 28.5 Å². The summed E-state index contributed by atoms with van der Waals surface area (Å²) in [6, 6.07) is 7.79. The maximum Gasteiger partial charge on any atom is 0.325 e. The molecule has 3 aromatic rings. The van der Waals surface area contributed by atoms with E-state index >= 15 is 0 Å². The first-order valence-corrected chi connectivity index (χ1v) is 8.89. The molecule has 3 rings (SSSR count). The number of hydrogen-bond donors (Lipinski definition) is 0. The highest BCUT2D eigenvalue weighted by Crippen LogP contribution is 2.24. The summed E-state index contributed by atoms with van der Waals surface area (Å²) in [6.45, 7) is -0.388. The van der Waals surface area contributed by atoms with Crippen molar-refractivity contribution in [2.24, 2.45) is 4.99 Å². The minimum atomic E-state index is -0.945. The van der Waals surface area contributed by atoms with Crippen LogP contribution in [0.15, 0.2) is 41.4 Å². The Balaban J connectivity index is 2.22. The molecule has 0 bridgehead atoms. The molecule has 0 unspecified atom stereocenters. The zero-order valence-corrected chi connectivity index (χ0v) is 15.8. The molecule has 1 aromatic heterocycles. The lowest BCUT2D eigenvalue weighted by Gasteiger charge is -2.04. The minimum absolute atomic E-state index is 0.00947. The number of amides is 1. The largest absolute Gasteiger partial charge is 0.468 e. The normalized spacial score (nSPS) is 11.6. The van der Waals surface area contributed by atoms with Crippen LogP contribution in [0, 0.1) is 15.9 Å². The number of nitro benzene ring substituents is 1. The summed E-state index contributed by atoms with van der Waals surface area (Å²) in [5.74, 6) is -2.23. The van der Waals surface area contributed by atoms with Gasteiger partial charge < -0.3 is 9.30 Å². The third-order valence-corrected chi connectivity index (χ3v) is 5.03. The van der Waals surface area contributed by atoms with Crippen molar-refractivity contribution in [1.29, 1.82) is 0 Å². The number of methoxy groups -OCH3 is 1. The van der Waals surface area contributed by atoms with E-state index in [1.54, 1.807) is 6.07 Å². The molecule has 1 amide bonds. The fourth-order valence-electron chi connectivity index (χ4n) is 2.50. The van der Waals surface area contributed by atoms with Gasteiger partial charge in [0.2, 0.25) is 0 Å². The van der Waals surface area contributed by atoms with Gasteiger partial charge in [-0.1, -0.05) is 29.0 Å². The fraction of sp³-hybridized carbons (Fsp3) is 0.118. The molecule has 1 heterocycles. The smallest absolute Gasteiger partial charge is 0.325 e. The van der Waals surface area contributed by atoms with Gasteiger partial charge in [-0.25, -0.2) is 4.39 Å². The number of nitro groups is 1. The maximum absolute atomic E-state index is 14.3. The van der Waals surface area contributed by atoms with Crippen LogP contribution in [0.2, 0.25) is 5.02 Å². The van der Waals surface area contributed by atoms with E-state index in [9.17, 15) is 24.1 Å². The van der Waals surface area contributed by atoms with Crippen LogP contribution in [0.1, 0.15) is 10.4 Å². The average molecular weight is 424 g/mol. The molecule has 0 aliphatic rings. The number of aromatic nitrogens is 1. The van der Waals surface area contributed by atoms with E-state index in [1.165, 1.54) is 29.9 Å². The first kappa shape index (κ1) is 19.6. The molecule has 0 saturated carbocycles. The third kappa shape index (κ3) is 3.78. The van der Waals surface area contributed by atoms with Crippen molar-refractivity contribution in [3.05, 3.63) is 67.7 Å². The van der Waals surface area contributed by atoms with Gasteiger partial charge in [-0.15, -0.1) is 0 Å². The molecular weight excluding hydrogens is 413 g/mol. The van der Waals surface area contributed by atoms with Crippen LogP contribution >= 0.6 is 22.9 Å². The van der Waals surface area contributed by atoms with Crippen molar-refractivity contribution >= 4 is 50.7 Å². The molecule has 0 saturated heterocycles. The van der Waals surface area contributed by atoms with Crippen molar-refractivity contribution in [1.82, 2.24) is 4.57 Å². The van der Waals surface area contributed by atoms with Crippen LogP contribution in [-0.2, 0) is 16.1 Å². The Bertz CT molecular complexity index is 1190. The van der Waals surface area contributed by atoms with Crippen LogP contribution in [0.3, 0.4) is 0 Å². The first-order chi connectivity index (χ1) is 13.3. The van der Waals surface area contributed by atoms with E-state index in [1.807, 2.05) is 0 Å². The molecular formula is C17H11ClFN3O5S. The van der Waals surface area contributed by atoms with Crippen molar-refractivity contribution < 1.29 is 23.6 Å². The predicted octanol–water partition coefficient (Wildman–Crippen LogP) is 3.32. The number of esters is 1. The van der Waals surface area contributed by atoms with Crippen LogP contribution in [0.4, 0.5) is 10.1 Å². The molecule has 0 spiro atoms. The van der Waals surface area contributed by atoms with Crippen LogP contribution in [0.5, 0.6) is 0 Å². The van der Waals surface area contributed by atoms with Gasteiger partial charge in [-0.3, -0.25) is 19.7 Å². The van der Waals surface area contributed by atoms with E-state index < -0.39 is 28.3 Å². The predicted molar refractivity (Wildman–Crippen MR) is 99.8 cm³/mol. The Hall–Kier alpha value is -3.11. The van der Waals surface area contributed by atoms with Crippen LogP contribution in [0.25, 0.3) is 10.2 Å². The number of benzene rings is 2. The zero-order valence-electron chi connectivity index (χ0n) is 14.2. The number of nitrogens with zero attached hydrogens (tertiary/aromatic N) is 3. The number of fused-ring (bicyclic) bond motifs is 1. The molecule has 0 radical (unpaired) electrons. The minimum Gasteiger partial charge on any atom is -0.468 e. The van der Waals surface area contributed by atoms with E-state index in [0.29, 0.717) is 4.70 Å². The SMILES string of the molecule is COC(=O)Cn1c(=NC(=O)c2cc(Cl)ccc2[N+](=O)[O-])sc2cccc(F)c21. The quantitative estimate of drug-likeness (QED) is 0.363. The van der Waals surface area contributed by atoms with Crippen LogP contribution < -0.4 is 4.80 Å². The van der Waals surface area contributed by atoms with Crippen molar-refractivity contribution in [2.75, 3.05) is 7.11 Å². The number of rotatable bonds is 4. The Morgan fingerprint density at radius 1 is 1.36 bits per heavy atom. The molecule has 144 valence electrons. The second kappa shape index (κ2) is 7.87. The summed E-state index contributed by atoms with van der Waals surface area (Å²) >= 11 is 6.80. The molecule has 0 aliphatic carbocycles. The Morgan fingerprint density at radius 2 is 2.11 bits per heavy atom. The van der Waals surface area contributed by atoms with Gasteiger partial charge >= 0.3 is 5.97 Å². The summed E-state index contributed by atoms with van der Waals surface area (Å²) in [5, 5.41) is 11.3. The Labute approximate surface area is 165 Å². The van der Waals surface area contributed by atoms with Gasteiger partial charge in [0.25, 0.3) is 11.6 Å². The summed E-state index contributed by atoms with van der Waals surface area (Å²) < 4.78 is 20.5. The summed E-state index contributed by atoms with van der Waals surface area (Å²) in [6.07, 6.45) is 0. The lowest BCUT2D eigenvalue weighted by atomic mass is 10.2. The van der Waals surface area contributed by atoms with Gasteiger partial charge in [0.15, 0.2) is 4.80 Å². The van der Waals surface area contributed by atoms with Gasteiger partial charge in [0.1, 0.15) is 17.9 Å². The highest BCUT2D eigenvalue weighted by molar-refractivity contribution is 7.16. The zero-order chi connectivity index (χ0) is 20.4. The summed E-state index contributed by atoms with van der Waals surface area (Å²) in [7, 11) is 1.17. The fourth-order valence-corrected chi connectivity index (χ4v) is 3.71. The number of carbonyl (C=O) groups is 2. The van der Waals surface area contributed by atoms with Gasteiger partial charge in [-0.05, 0) is 24.3 Å². The molecule has 0 aliphatic heterocycles. The monoisotopic (exact) mass is 423 g/mol. The molecule has 11 heteroatoms. The lowest BCUT2D eigenvalue weighted by Crippen LogP contribution is -2.23. The van der Waals surface area contributed by atoms with E-state index in [4.69, 9.17) is 11.6 Å².